The molecule has 1 N–H and O–H groups in total. The van der Waals surface area contributed by atoms with E-state index in [-0.39, 0.29) is 17.3 Å². The number of halogens is 1. The van der Waals surface area contributed by atoms with Crippen LogP contribution in [0.5, 0.6) is 11.5 Å². The van der Waals surface area contributed by atoms with Crippen molar-refractivity contribution in [3.63, 3.8) is 0 Å². The van der Waals surface area contributed by atoms with Gasteiger partial charge in [0, 0.05) is 30.2 Å². The molecule has 0 fully saturated rings. The molecule has 0 atom stereocenters. The van der Waals surface area contributed by atoms with Gasteiger partial charge in [0.1, 0.15) is 11.5 Å². The van der Waals surface area contributed by atoms with E-state index in [0.717, 1.165) is 23.1 Å². The highest BCUT2D eigenvalue weighted by Crippen LogP contribution is 2.25. The normalized spacial score (nSPS) is 11.1. The molecule has 0 saturated carbocycles. The van der Waals surface area contributed by atoms with Gasteiger partial charge >= 0.3 is 0 Å². The molecule has 0 aliphatic carbocycles. The lowest BCUT2D eigenvalue weighted by Crippen LogP contribution is -2.31. The van der Waals surface area contributed by atoms with Crippen molar-refractivity contribution in [1.29, 1.82) is 0 Å². The quantitative estimate of drug-likeness (QED) is 0.270. The summed E-state index contributed by atoms with van der Waals surface area (Å²) in [6, 6.07) is 19.2. The summed E-state index contributed by atoms with van der Waals surface area (Å²) in [5.74, 6) is 1.18. The van der Waals surface area contributed by atoms with Crippen LogP contribution in [0.4, 0.5) is 0 Å². The second-order valence-corrected chi connectivity index (χ2v) is 10.8. The molecule has 202 valence electrons. The number of rotatable bonds is 14. The second kappa shape index (κ2) is 14.0. The van der Waals surface area contributed by atoms with Gasteiger partial charge in [0.15, 0.2) is 0 Å². The van der Waals surface area contributed by atoms with Crippen LogP contribution in [0.3, 0.4) is 0 Å². The van der Waals surface area contributed by atoms with Gasteiger partial charge in [0.05, 0.1) is 18.6 Å². The minimum absolute atomic E-state index is 0.167. The third-order valence-electron chi connectivity index (χ3n) is 5.86. The number of hydrogen-bond donors (Lipinski definition) is 1. The van der Waals surface area contributed by atoms with E-state index in [0.29, 0.717) is 42.6 Å². The van der Waals surface area contributed by atoms with Gasteiger partial charge in [-0.05, 0) is 72.5 Å². The highest BCUT2D eigenvalue weighted by atomic mass is 35.5. The van der Waals surface area contributed by atoms with Crippen molar-refractivity contribution in [2.75, 3.05) is 20.3 Å². The van der Waals surface area contributed by atoms with Crippen LogP contribution >= 0.6 is 11.6 Å². The summed E-state index contributed by atoms with van der Waals surface area (Å²) in [4.78, 5) is 14.4. The minimum Gasteiger partial charge on any atom is -0.497 e. The van der Waals surface area contributed by atoms with E-state index in [1.807, 2.05) is 25.1 Å². The molecule has 38 heavy (non-hydrogen) atoms. The summed E-state index contributed by atoms with van der Waals surface area (Å²) in [5, 5.41) is 0.562. The SMILES string of the molecule is C=CC(=O)N(CCc1ccc(S(=O)(=O)NCc2ccc(OC)cc2)cc1)Cc1cc(Cl)ccc1OCCC. The van der Waals surface area contributed by atoms with Crippen LogP contribution < -0.4 is 14.2 Å². The van der Waals surface area contributed by atoms with Gasteiger partial charge in [-0.2, -0.15) is 0 Å². The lowest BCUT2D eigenvalue weighted by atomic mass is 10.1. The molecule has 0 aliphatic rings. The molecule has 0 spiro atoms. The lowest BCUT2D eigenvalue weighted by molar-refractivity contribution is -0.126. The molecule has 9 heteroatoms. The highest BCUT2D eigenvalue weighted by molar-refractivity contribution is 7.89. The van der Waals surface area contributed by atoms with Gasteiger partial charge in [-0.3, -0.25) is 4.79 Å². The zero-order chi connectivity index (χ0) is 27.5. The van der Waals surface area contributed by atoms with Crippen molar-refractivity contribution < 1.29 is 22.7 Å². The molecule has 0 saturated heterocycles. The lowest BCUT2D eigenvalue weighted by Gasteiger charge is -2.23. The Morgan fingerprint density at radius 3 is 2.37 bits per heavy atom. The van der Waals surface area contributed by atoms with Crippen molar-refractivity contribution in [1.82, 2.24) is 9.62 Å². The molecule has 1 amide bonds. The van der Waals surface area contributed by atoms with Crippen molar-refractivity contribution in [3.8, 4) is 11.5 Å². The van der Waals surface area contributed by atoms with Crippen molar-refractivity contribution in [2.24, 2.45) is 0 Å². The standard InChI is InChI=1S/C29H33ClN2O5S/c1-4-18-37-28-15-10-25(30)19-24(28)21-32(29(33)5-2)17-16-22-8-13-27(14-9-22)38(34,35)31-20-23-6-11-26(36-3)12-7-23/h5-15,19,31H,2,4,16-18,20-21H2,1,3H3. The maximum atomic E-state index is 12.7. The molecule has 3 aromatic rings. The van der Waals surface area contributed by atoms with E-state index in [1.165, 1.54) is 6.08 Å². The second-order valence-electron chi connectivity index (χ2n) is 8.63. The van der Waals surface area contributed by atoms with Crippen LogP contribution in [-0.2, 0) is 34.3 Å². The Morgan fingerprint density at radius 2 is 1.74 bits per heavy atom. The smallest absolute Gasteiger partial charge is 0.246 e. The van der Waals surface area contributed by atoms with Gasteiger partial charge in [0.2, 0.25) is 15.9 Å². The van der Waals surface area contributed by atoms with Crippen LogP contribution in [0.25, 0.3) is 0 Å². The minimum atomic E-state index is -3.68. The number of ether oxygens (including phenoxy) is 2. The van der Waals surface area contributed by atoms with Gasteiger partial charge in [-0.15, -0.1) is 0 Å². The van der Waals surface area contributed by atoms with Crippen molar-refractivity contribution in [3.05, 3.63) is 101 Å². The molecule has 0 unspecified atom stereocenters. The molecule has 0 bridgehead atoms. The van der Waals surface area contributed by atoms with Crippen LogP contribution in [-0.4, -0.2) is 39.5 Å². The van der Waals surface area contributed by atoms with Gasteiger partial charge in [0.25, 0.3) is 0 Å². The maximum absolute atomic E-state index is 12.7. The van der Waals surface area contributed by atoms with E-state index < -0.39 is 10.0 Å². The Balaban J connectivity index is 1.64. The molecule has 0 aromatic heterocycles. The topological polar surface area (TPSA) is 84.9 Å². The number of amides is 1. The third kappa shape index (κ3) is 8.34. The summed E-state index contributed by atoms with van der Waals surface area (Å²) in [7, 11) is -2.10. The molecular weight excluding hydrogens is 524 g/mol. The van der Waals surface area contributed by atoms with E-state index in [9.17, 15) is 13.2 Å². The Hall–Kier alpha value is -3.33. The maximum Gasteiger partial charge on any atom is 0.246 e. The van der Waals surface area contributed by atoms with Crippen LogP contribution in [0.2, 0.25) is 5.02 Å². The zero-order valence-corrected chi connectivity index (χ0v) is 23.2. The average Bonchev–Trinajstić information content (AvgIpc) is 2.93. The summed E-state index contributed by atoms with van der Waals surface area (Å²) in [5.41, 5.74) is 2.53. The fourth-order valence-corrected chi connectivity index (χ4v) is 4.94. The summed E-state index contributed by atoms with van der Waals surface area (Å²) >= 11 is 6.20. The van der Waals surface area contributed by atoms with Gasteiger partial charge < -0.3 is 14.4 Å². The van der Waals surface area contributed by atoms with Gasteiger partial charge in [-0.25, -0.2) is 13.1 Å². The first-order valence-corrected chi connectivity index (χ1v) is 14.2. The first-order valence-electron chi connectivity index (χ1n) is 12.3. The number of hydrogen-bond acceptors (Lipinski definition) is 5. The monoisotopic (exact) mass is 556 g/mol. The predicted molar refractivity (Wildman–Crippen MR) is 150 cm³/mol. The number of sulfonamides is 1. The van der Waals surface area contributed by atoms with Crippen LogP contribution in [0.15, 0.2) is 84.3 Å². The number of carbonyl (C=O) groups excluding carboxylic acids is 1. The summed E-state index contributed by atoms with van der Waals surface area (Å²) in [6.45, 7) is 7.10. The van der Waals surface area contributed by atoms with Crippen LogP contribution in [0.1, 0.15) is 30.0 Å². The molecule has 0 radical (unpaired) electrons. The van der Waals surface area contributed by atoms with E-state index >= 15 is 0 Å². The average molecular weight is 557 g/mol. The molecule has 3 rings (SSSR count). The van der Waals surface area contributed by atoms with Crippen LogP contribution in [0, 0.1) is 0 Å². The number of benzene rings is 3. The summed E-state index contributed by atoms with van der Waals surface area (Å²) < 4.78 is 39.1. The fourth-order valence-electron chi connectivity index (χ4n) is 3.73. The Bertz CT molecular complexity index is 1330. The Kier molecular flexibility index (Phi) is 10.8. The number of methoxy groups -OCH3 is 1. The van der Waals surface area contributed by atoms with Crippen molar-refractivity contribution >= 4 is 27.5 Å². The van der Waals surface area contributed by atoms with Crippen molar-refractivity contribution in [2.45, 2.75) is 37.8 Å². The third-order valence-corrected chi connectivity index (χ3v) is 7.51. The van der Waals surface area contributed by atoms with E-state index in [2.05, 4.69) is 11.3 Å². The molecule has 3 aromatic carbocycles. The first-order chi connectivity index (χ1) is 18.2. The molecular formula is C29H33ClN2O5S. The molecule has 7 nitrogen and oxygen atoms in total. The highest BCUT2D eigenvalue weighted by Gasteiger charge is 2.16. The first kappa shape index (κ1) is 29.2. The largest absolute Gasteiger partial charge is 0.497 e. The number of nitrogens with zero attached hydrogens (tertiary/aromatic N) is 1. The van der Waals surface area contributed by atoms with Gasteiger partial charge in [-0.1, -0.05) is 49.4 Å². The molecule has 0 heterocycles. The zero-order valence-electron chi connectivity index (χ0n) is 21.7. The predicted octanol–water partition coefficient (Wildman–Crippen LogP) is 5.37. The van der Waals surface area contributed by atoms with E-state index in [1.54, 1.807) is 60.5 Å². The van der Waals surface area contributed by atoms with E-state index in [4.69, 9.17) is 21.1 Å². The Morgan fingerprint density at radius 1 is 1.05 bits per heavy atom. The molecule has 0 aliphatic heterocycles. The number of carbonyl (C=O) groups is 1. The number of nitrogens with one attached hydrogen (secondary N) is 1. The summed E-state index contributed by atoms with van der Waals surface area (Å²) in [6.07, 6.45) is 2.67. The Labute approximate surface area is 230 Å². The fraction of sp³-hybridized carbons (Fsp3) is 0.276.